The number of alkyl carbamates (subject to hydrolysis) is 1. The van der Waals surface area contributed by atoms with Gasteiger partial charge < -0.3 is 14.8 Å². The van der Waals surface area contributed by atoms with Crippen molar-refractivity contribution in [3.63, 3.8) is 0 Å². The summed E-state index contributed by atoms with van der Waals surface area (Å²) in [6, 6.07) is 8.47. The second-order valence-corrected chi connectivity index (χ2v) is 5.74. The Labute approximate surface area is 131 Å². The molecule has 0 fully saturated rings. The maximum Gasteiger partial charge on any atom is 0.408 e. The van der Waals surface area contributed by atoms with Gasteiger partial charge in [0, 0.05) is 0 Å². The summed E-state index contributed by atoms with van der Waals surface area (Å²) >= 11 is 0. The fourth-order valence-corrected chi connectivity index (χ4v) is 1.63. The third-order valence-electron chi connectivity index (χ3n) is 2.53. The molecule has 1 aromatic carbocycles. The summed E-state index contributed by atoms with van der Waals surface area (Å²) in [6.45, 7) is 7.18. The molecule has 0 heterocycles. The highest BCUT2D eigenvalue weighted by atomic mass is 16.6. The van der Waals surface area contributed by atoms with Crippen molar-refractivity contribution in [1.82, 2.24) is 5.32 Å². The number of rotatable bonds is 5. The van der Waals surface area contributed by atoms with Crippen LogP contribution in [0.2, 0.25) is 0 Å². The van der Waals surface area contributed by atoms with E-state index in [2.05, 4.69) is 5.32 Å². The SMILES string of the molecule is C/C=C/[C@@H](NC(=O)OC(C)(C)C)C(=O)OCc1ccccc1. The van der Waals surface area contributed by atoms with Crippen molar-refractivity contribution in [1.29, 1.82) is 0 Å². The van der Waals surface area contributed by atoms with Crippen LogP contribution in [0.15, 0.2) is 42.5 Å². The number of carbonyl (C=O) groups excluding carboxylic acids is 2. The Kier molecular flexibility index (Phi) is 6.63. The van der Waals surface area contributed by atoms with Crippen LogP contribution in [0.5, 0.6) is 0 Å². The Bertz CT molecular complexity index is 517. The molecule has 120 valence electrons. The molecular weight excluding hydrogens is 282 g/mol. The quantitative estimate of drug-likeness (QED) is 0.670. The van der Waals surface area contributed by atoms with Crippen molar-refractivity contribution in [3.05, 3.63) is 48.0 Å². The van der Waals surface area contributed by atoms with E-state index >= 15 is 0 Å². The lowest BCUT2D eigenvalue weighted by molar-refractivity contribution is -0.146. The topological polar surface area (TPSA) is 64.6 Å². The number of hydrogen-bond donors (Lipinski definition) is 1. The molecule has 1 atom stereocenters. The van der Waals surface area contributed by atoms with E-state index in [4.69, 9.17) is 9.47 Å². The summed E-state index contributed by atoms with van der Waals surface area (Å²) in [5.74, 6) is -0.534. The summed E-state index contributed by atoms with van der Waals surface area (Å²) in [5, 5.41) is 2.49. The van der Waals surface area contributed by atoms with Gasteiger partial charge in [0.25, 0.3) is 0 Å². The molecule has 0 saturated heterocycles. The van der Waals surface area contributed by atoms with Crippen LogP contribution in [0, 0.1) is 0 Å². The lowest BCUT2D eigenvalue weighted by atomic mass is 10.2. The van der Waals surface area contributed by atoms with Gasteiger partial charge in [-0.05, 0) is 33.3 Å². The van der Waals surface area contributed by atoms with E-state index in [0.29, 0.717) is 0 Å². The zero-order valence-corrected chi connectivity index (χ0v) is 13.5. The van der Waals surface area contributed by atoms with Gasteiger partial charge in [-0.2, -0.15) is 0 Å². The van der Waals surface area contributed by atoms with Crippen LogP contribution in [0.25, 0.3) is 0 Å². The van der Waals surface area contributed by atoms with E-state index in [1.165, 1.54) is 0 Å². The first-order valence-corrected chi connectivity index (χ1v) is 7.14. The Morgan fingerprint density at radius 2 is 1.86 bits per heavy atom. The van der Waals surface area contributed by atoms with Crippen molar-refractivity contribution in [3.8, 4) is 0 Å². The highest BCUT2D eigenvalue weighted by Crippen LogP contribution is 2.08. The largest absolute Gasteiger partial charge is 0.459 e. The van der Waals surface area contributed by atoms with Crippen LogP contribution in [-0.4, -0.2) is 23.7 Å². The standard InChI is InChI=1S/C17H23NO4/c1-5-9-14(18-16(20)22-17(2,3)4)15(19)21-12-13-10-7-6-8-11-13/h5-11,14H,12H2,1-4H3,(H,18,20)/b9-5+/t14-/m1/s1. The minimum absolute atomic E-state index is 0.156. The number of esters is 1. The number of allylic oxidation sites excluding steroid dienone is 1. The minimum atomic E-state index is -0.872. The second-order valence-electron chi connectivity index (χ2n) is 5.74. The Hall–Kier alpha value is -2.30. The van der Waals surface area contributed by atoms with Crippen molar-refractivity contribution in [2.24, 2.45) is 0 Å². The average molecular weight is 305 g/mol. The molecule has 0 aliphatic rings. The maximum absolute atomic E-state index is 12.1. The number of ether oxygens (including phenoxy) is 2. The Morgan fingerprint density at radius 1 is 1.23 bits per heavy atom. The van der Waals surface area contributed by atoms with Gasteiger partial charge in [-0.25, -0.2) is 9.59 Å². The predicted molar refractivity (Wildman–Crippen MR) is 84.2 cm³/mol. The molecule has 0 spiro atoms. The van der Waals surface area contributed by atoms with Gasteiger partial charge in [0.2, 0.25) is 0 Å². The fraction of sp³-hybridized carbons (Fsp3) is 0.412. The Morgan fingerprint density at radius 3 is 2.41 bits per heavy atom. The first kappa shape index (κ1) is 17.8. The van der Waals surface area contributed by atoms with Crippen LogP contribution in [-0.2, 0) is 20.9 Å². The molecular formula is C17H23NO4. The van der Waals surface area contributed by atoms with Crippen LogP contribution in [0.4, 0.5) is 4.79 Å². The molecule has 0 unspecified atom stereocenters. The van der Waals surface area contributed by atoms with E-state index < -0.39 is 23.7 Å². The summed E-state index contributed by atoms with van der Waals surface area (Å²) in [5.41, 5.74) is 0.255. The third-order valence-corrected chi connectivity index (χ3v) is 2.53. The fourth-order valence-electron chi connectivity index (χ4n) is 1.63. The number of amides is 1. The maximum atomic E-state index is 12.1. The predicted octanol–water partition coefficient (Wildman–Crippen LogP) is 3.20. The molecule has 0 saturated carbocycles. The van der Waals surface area contributed by atoms with E-state index in [9.17, 15) is 9.59 Å². The highest BCUT2D eigenvalue weighted by molar-refractivity contribution is 5.83. The van der Waals surface area contributed by atoms with Gasteiger partial charge >= 0.3 is 12.1 Å². The first-order valence-electron chi connectivity index (χ1n) is 7.14. The molecule has 0 bridgehead atoms. The van der Waals surface area contributed by atoms with Crippen LogP contribution in [0.3, 0.4) is 0 Å². The van der Waals surface area contributed by atoms with Gasteiger partial charge in [-0.1, -0.05) is 42.5 Å². The molecule has 1 amide bonds. The van der Waals surface area contributed by atoms with Crippen LogP contribution >= 0.6 is 0 Å². The van der Waals surface area contributed by atoms with Gasteiger partial charge in [0.15, 0.2) is 0 Å². The summed E-state index contributed by atoms with van der Waals surface area (Å²) in [7, 11) is 0. The number of nitrogens with one attached hydrogen (secondary N) is 1. The average Bonchev–Trinajstić information content (AvgIpc) is 2.43. The zero-order valence-electron chi connectivity index (χ0n) is 13.5. The summed E-state index contributed by atoms with van der Waals surface area (Å²) in [4.78, 5) is 23.8. The number of hydrogen-bond acceptors (Lipinski definition) is 4. The van der Waals surface area contributed by atoms with Crippen molar-refractivity contribution in [2.45, 2.75) is 45.9 Å². The highest BCUT2D eigenvalue weighted by Gasteiger charge is 2.23. The normalized spacial score (nSPS) is 12.7. The van der Waals surface area contributed by atoms with Gasteiger partial charge in [-0.3, -0.25) is 0 Å². The Balaban J connectivity index is 2.58. The molecule has 0 radical (unpaired) electrons. The van der Waals surface area contributed by atoms with Crippen molar-refractivity contribution in [2.75, 3.05) is 0 Å². The van der Waals surface area contributed by atoms with Crippen LogP contribution in [0.1, 0.15) is 33.3 Å². The van der Waals surface area contributed by atoms with Crippen LogP contribution < -0.4 is 5.32 Å². The molecule has 1 rings (SSSR count). The second kappa shape index (κ2) is 8.22. The molecule has 1 aromatic rings. The first-order chi connectivity index (χ1) is 10.3. The molecule has 22 heavy (non-hydrogen) atoms. The smallest absolute Gasteiger partial charge is 0.408 e. The minimum Gasteiger partial charge on any atom is -0.459 e. The third kappa shape index (κ3) is 6.92. The summed E-state index contributed by atoms with van der Waals surface area (Å²) < 4.78 is 10.3. The molecule has 5 heteroatoms. The number of benzene rings is 1. The molecule has 0 aliphatic heterocycles. The summed E-state index contributed by atoms with van der Waals surface area (Å²) in [6.07, 6.45) is 2.57. The van der Waals surface area contributed by atoms with E-state index in [0.717, 1.165) is 5.56 Å². The molecule has 0 aromatic heterocycles. The van der Waals surface area contributed by atoms with E-state index in [1.807, 2.05) is 30.3 Å². The van der Waals surface area contributed by atoms with Gasteiger partial charge in [0.1, 0.15) is 18.2 Å². The van der Waals surface area contributed by atoms with E-state index in [-0.39, 0.29) is 6.61 Å². The lowest BCUT2D eigenvalue weighted by Crippen LogP contribution is -2.43. The van der Waals surface area contributed by atoms with Crippen molar-refractivity contribution < 1.29 is 19.1 Å². The van der Waals surface area contributed by atoms with Gasteiger partial charge in [-0.15, -0.1) is 0 Å². The monoisotopic (exact) mass is 305 g/mol. The number of carbonyl (C=O) groups is 2. The zero-order chi connectivity index (χ0) is 16.6. The molecule has 1 N–H and O–H groups in total. The van der Waals surface area contributed by atoms with E-state index in [1.54, 1.807) is 39.8 Å². The van der Waals surface area contributed by atoms with Gasteiger partial charge in [0.05, 0.1) is 0 Å². The molecule has 0 aliphatic carbocycles. The molecule has 5 nitrogen and oxygen atoms in total. The van der Waals surface area contributed by atoms with Crippen molar-refractivity contribution >= 4 is 12.1 Å². The lowest BCUT2D eigenvalue weighted by Gasteiger charge is -2.21.